The first-order valence-corrected chi connectivity index (χ1v) is 15.9. The van der Waals surface area contributed by atoms with Crippen LogP contribution in [-0.2, 0) is 5.79 Å². The predicted octanol–water partition coefficient (Wildman–Crippen LogP) is 10.5. The summed E-state index contributed by atoms with van der Waals surface area (Å²) in [6.45, 7) is 11.1. The van der Waals surface area contributed by atoms with Gasteiger partial charge in [0.1, 0.15) is 11.6 Å². The van der Waals surface area contributed by atoms with E-state index in [1.54, 1.807) is 25.1 Å². The van der Waals surface area contributed by atoms with Crippen molar-refractivity contribution in [3.05, 3.63) is 84.0 Å². The fourth-order valence-electron chi connectivity index (χ4n) is 4.46. The van der Waals surface area contributed by atoms with E-state index in [1.807, 2.05) is 13.8 Å². The Morgan fingerprint density at radius 1 is 1.05 bits per heavy atom. The third-order valence-electron chi connectivity index (χ3n) is 6.74. The first-order chi connectivity index (χ1) is 20.1. The summed E-state index contributed by atoms with van der Waals surface area (Å²) in [6.07, 6.45) is 17.3. The summed E-state index contributed by atoms with van der Waals surface area (Å²) in [7, 11) is 0. The van der Waals surface area contributed by atoms with Crippen LogP contribution in [0.3, 0.4) is 0 Å². The molecular weight excluding hydrogens is 579 g/mol. The predicted molar refractivity (Wildman–Crippen MR) is 172 cm³/mol. The Morgan fingerprint density at radius 3 is 2.00 bits per heavy atom. The summed E-state index contributed by atoms with van der Waals surface area (Å²) in [5.41, 5.74) is 0.540. The molecule has 2 aromatic rings. The molecule has 4 nitrogen and oxygen atoms in total. The monoisotopic (exact) mass is 625 g/mol. The lowest BCUT2D eigenvalue weighted by Gasteiger charge is -2.23. The van der Waals surface area contributed by atoms with E-state index in [2.05, 4.69) is 42.6 Å². The maximum absolute atomic E-state index is 14.7. The van der Waals surface area contributed by atoms with Gasteiger partial charge < -0.3 is 14.8 Å². The van der Waals surface area contributed by atoms with E-state index in [-0.39, 0.29) is 28.5 Å². The van der Waals surface area contributed by atoms with E-state index in [9.17, 15) is 13.6 Å². The molecule has 1 fully saturated rings. The molecule has 0 radical (unpaired) electrons. The van der Waals surface area contributed by atoms with Gasteiger partial charge in [0.25, 0.3) is 11.7 Å². The number of rotatable bonds is 5. The maximum Gasteiger partial charge on any atom is 0.275 e. The van der Waals surface area contributed by atoms with Gasteiger partial charge in [-0.3, -0.25) is 4.79 Å². The molecule has 1 saturated carbocycles. The first-order valence-electron chi connectivity index (χ1n) is 14.7. The summed E-state index contributed by atoms with van der Waals surface area (Å²) in [4.78, 5) is 12.8. The Morgan fingerprint density at radius 2 is 1.55 bits per heavy atom. The molecule has 1 N–H and O–H groups in total. The van der Waals surface area contributed by atoms with E-state index in [1.165, 1.54) is 56.3 Å². The molecule has 0 aromatic heterocycles. The number of carbonyl (C=O) groups is 1. The molecular formula is C34H47Cl2F2NO3. The van der Waals surface area contributed by atoms with Crippen molar-refractivity contribution in [2.24, 2.45) is 0 Å². The fraction of sp³-hybridized carbons (Fsp3) is 0.500. The minimum absolute atomic E-state index is 0.0550. The largest absolute Gasteiger partial charge is 0.445 e. The number of amides is 1. The van der Waals surface area contributed by atoms with Crippen molar-refractivity contribution in [2.75, 3.05) is 6.38 Å². The van der Waals surface area contributed by atoms with Crippen molar-refractivity contribution >= 4 is 29.1 Å². The van der Waals surface area contributed by atoms with Crippen molar-refractivity contribution in [2.45, 2.75) is 103 Å². The minimum atomic E-state index is -1.21. The summed E-state index contributed by atoms with van der Waals surface area (Å²) in [5, 5.41) is 3.12. The number of nitrogens with one attached hydrogen (secondary N) is 1. The molecule has 8 heteroatoms. The molecule has 1 amide bonds. The van der Waals surface area contributed by atoms with Gasteiger partial charge in [0.2, 0.25) is 0 Å². The van der Waals surface area contributed by atoms with Crippen molar-refractivity contribution in [3.63, 3.8) is 0 Å². The van der Waals surface area contributed by atoms with Crippen LogP contribution in [0.15, 0.2) is 61.2 Å². The van der Waals surface area contributed by atoms with Crippen LogP contribution in [0.4, 0.5) is 8.78 Å². The molecule has 1 heterocycles. The van der Waals surface area contributed by atoms with Crippen LogP contribution in [0.5, 0.6) is 11.5 Å². The smallest absolute Gasteiger partial charge is 0.275 e. The van der Waals surface area contributed by atoms with Crippen LogP contribution in [0.25, 0.3) is 0 Å². The van der Waals surface area contributed by atoms with E-state index in [0.717, 1.165) is 32.1 Å². The molecule has 42 heavy (non-hydrogen) atoms. The highest BCUT2D eigenvalue weighted by Gasteiger charge is 2.40. The van der Waals surface area contributed by atoms with E-state index >= 15 is 0 Å². The van der Waals surface area contributed by atoms with Gasteiger partial charge in [-0.05, 0) is 63.4 Å². The summed E-state index contributed by atoms with van der Waals surface area (Å²) in [6, 6.07) is 8.38. The zero-order chi connectivity index (χ0) is 31.5. The van der Waals surface area contributed by atoms with Gasteiger partial charge in [-0.2, -0.15) is 0 Å². The number of fused-ring (bicyclic) bond motifs is 1. The topological polar surface area (TPSA) is 47.6 Å². The first kappa shape index (κ1) is 37.5. The Kier molecular flexibility index (Phi) is 18.2. The van der Waals surface area contributed by atoms with Crippen molar-refractivity contribution < 1.29 is 23.0 Å². The van der Waals surface area contributed by atoms with Gasteiger partial charge in [0.15, 0.2) is 11.5 Å². The zero-order valence-corrected chi connectivity index (χ0v) is 27.2. The lowest BCUT2D eigenvalue weighted by Crippen LogP contribution is -2.35. The van der Waals surface area contributed by atoms with E-state index in [0.29, 0.717) is 11.3 Å². The van der Waals surface area contributed by atoms with Gasteiger partial charge in [-0.25, -0.2) is 8.78 Å². The molecule has 1 aliphatic heterocycles. The normalized spacial score (nSPS) is 18.8. The average Bonchev–Trinajstić information content (AvgIpc) is 3.37. The Balaban J connectivity index is 0.000000628. The zero-order valence-electron chi connectivity index (χ0n) is 25.7. The molecule has 234 valence electrons. The highest BCUT2D eigenvalue weighted by atomic mass is 35.5. The SMILES string of the molecule is C/C=C\CC.C=CC(C)Cl.CC1(c2ccc(F)cc2)Oc2cc(F)c(C(=O)NC3CCCCCCCC3)cc2O1.CCl. The number of carbonyl (C=O) groups excluding carboxylic acids is 1. The van der Waals surface area contributed by atoms with Crippen molar-refractivity contribution in [1.82, 2.24) is 5.32 Å². The molecule has 2 aliphatic rings. The van der Waals surface area contributed by atoms with E-state index in [4.69, 9.17) is 21.1 Å². The third-order valence-corrected chi connectivity index (χ3v) is 6.92. The second-order valence-electron chi connectivity index (χ2n) is 10.2. The minimum Gasteiger partial charge on any atom is -0.445 e. The molecule has 0 spiro atoms. The second kappa shape index (κ2) is 20.4. The summed E-state index contributed by atoms with van der Waals surface area (Å²) < 4.78 is 39.7. The Bertz CT molecular complexity index is 1100. The van der Waals surface area contributed by atoms with Crippen LogP contribution >= 0.6 is 23.2 Å². The van der Waals surface area contributed by atoms with Crippen LogP contribution in [0.1, 0.15) is 101 Å². The lowest BCUT2D eigenvalue weighted by atomic mass is 10.0. The highest BCUT2D eigenvalue weighted by Crippen LogP contribution is 2.45. The maximum atomic E-state index is 14.7. The van der Waals surface area contributed by atoms with Crippen LogP contribution in [-0.4, -0.2) is 23.7 Å². The van der Waals surface area contributed by atoms with E-state index < -0.39 is 17.5 Å². The quantitative estimate of drug-likeness (QED) is 0.265. The molecule has 2 atom stereocenters. The van der Waals surface area contributed by atoms with Gasteiger partial charge in [-0.1, -0.05) is 63.7 Å². The number of allylic oxidation sites excluding steroid dienone is 3. The number of ether oxygens (including phenoxy) is 2. The number of benzene rings is 2. The van der Waals surface area contributed by atoms with Gasteiger partial charge in [0, 0.05) is 36.4 Å². The molecule has 4 rings (SSSR count). The second-order valence-corrected chi connectivity index (χ2v) is 10.9. The van der Waals surface area contributed by atoms with Gasteiger partial charge in [0.05, 0.1) is 5.56 Å². The molecule has 2 aromatic carbocycles. The summed E-state index contributed by atoms with van der Waals surface area (Å²) in [5.74, 6) is -2.15. The van der Waals surface area contributed by atoms with Crippen LogP contribution in [0, 0.1) is 11.6 Å². The molecule has 0 bridgehead atoms. The number of hydrogen-bond acceptors (Lipinski definition) is 3. The van der Waals surface area contributed by atoms with Gasteiger partial charge >= 0.3 is 0 Å². The molecule has 1 aliphatic carbocycles. The number of hydrogen-bond donors (Lipinski definition) is 1. The Hall–Kier alpha value is -2.57. The molecule has 2 unspecified atom stereocenters. The average molecular weight is 627 g/mol. The number of alkyl halides is 2. The van der Waals surface area contributed by atoms with Crippen LogP contribution in [0.2, 0.25) is 0 Å². The van der Waals surface area contributed by atoms with Gasteiger partial charge in [-0.15, -0.1) is 29.8 Å². The molecule has 0 saturated heterocycles. The van der Waals surface area contributed by atoms with Crippen LogP contribution < -0.4 is 14.8 Å². The van der Waals surface area contributed by atoms with Crippen molar-refractivity contribution in [3.8, 4) is 11.5 Å². The highest BCUT2D eigenvalue weighted by molar-refractivity contribution is 6.21. The standard InChI is InChI=1S/C24H27F2NO3.C5H10.C4H7Cl.CH3Cl/c1-24(16-10-12-17(25)13-11-16)29-21-14-19(20(26)15-22(21)30-24)23(28)27-18-8-6-4-2-3-5-7-9-18;1-3-5-4-2;1-3-4(2)5;1-2/h10-15,18H,2-9H2,1H3,(H,27,28);3,5H,4H2,1-2H3;3-4H,1H2,2H3;1H3/b;5-3-;;. The number of halogens is 4. The third kappa shape index (κ3) is 12.7. The fourth-order valence-corrected chi connectivity index (χ4v) is 4.46. The lowest BCUT2D eigenvalue weighted by molar-refractivity contribution is -0.0681. The van der Waals surface area contributed by atoms with Crippen molar-refractivity contribution in [1.29, 1.82) is 0 Å². The summed E-state index contributed by atoms with van der Waals surface area (Å²) >= 11 is 9.98. The Labute approximate surface area is 261 Å².